The monoisotopic (exact) mass is 260 g/mol. The highest BCUT2D eigenvalue weighted by Crippen LogP contribution is 2.19. The van der Waals surface area contributed by atoms with Crippen molar-refractivity contribution in [3.63, 3.8) is 0 Å². The summed E-state index contributed by atoms with van der Waals surface area (Å²) in [5, 5.41) is 27.1. The summed E-state index contributed by atoms with van der Waals surface area (Å²) in [5.74, 6) is 0. The molecule has 18 heavy (non-hydrogen) atoms. The summed E-state index contributed by atoms with van der Waals surface area (Å²) in [4.78, 5) is 19.5. The zero-order chi connectivity index (χ0) is 13.4. The number of carbonyl (C=O) groups is 1. The smallest absolute Gasteiger partial charge is 0.433 e. The van der Waals surface area contributed by atoms with Crippen LogP contribution in [0.1, 0.15) is 6.42 Å². The van der Waals surface area contributed by atoms with Crippen LogP contribution < -0.4 is 4.84 Å². The van der Waals surface area contributed by atoms with Crippen LogP contribution in [0.25, 0.3) is 0 Å². The van der Waals surface area contributed by atoms with Crippen LogP contribution in [0, 0.1) is 5.41 Å². The van der Waals surface area contributed by atoms with Gasteiger partial charge in [-0.2, -0.15) is 4.73 Å². The Kier molecular flexibility index (Phi) is 5.56. The third-order valence-corrected chi connectivity index (χ3v) is 2.52. The second-order valence-electron chi connectivity index (χ2n) is 3.84. The van der Waals surface area contributed by atoms with Crippen LogP contribution in [-0.2, 0) is 4.74 Å². The average molecular weight is 260 g/mol. The molecule has 8 nitrogen and oxygen atoms in total. The SMILES string of the molecule is O=C(OCCC(CO)(CO)CO)On1ccnc1. The number of imidazole rings is 1. The van der Waals surface area contributed by atoms with Gasteiger partial charge < -0.3 is 24.9 Å². The lowest BCUT2D eigenvalue weighted by atomic mass is 9.88. The van der Waals surface area contributed by atoms with E-state index >= 15 is 0 Å². The van der Waals surface area contributed by atoms with E-state index in [9.17, 15) is 4.79 Å². The van der Waals surface area contributed by atoms with Crippen LogP contribution >= 0.6 is 0 Å². The van der Waals surface area contributed by atoms with Crippen molar-refractivity contribution < 1.29 is 29.7 Å². The van der Waals surface area contributed by atoms with Gasteiger partial charge in [-0.3, -0.25) is 0 Å². The van der Waals surface area contributed by atoms with Crippen LogP contribution in [-0.4, -0.2) is 57.6 Å². The van der Waals surface area contributed by atoms with E-state index in [2.05, 4.69) is 9.82 Å². The Morgan fingerprint density at radius 3 is 2.44 bits per heavy atom. The Morgan fingerprint density at radius 2 is 1.94 bits per heavy atom. The van der Waals surface area contributed by atoms with Gasteiger partial charge in [0.15, 0.2) is 0 Å². The molecule has 0 aliphatic heterocycles. The van der Waals surface area contributed by atoms with Gasteiger partial charge in [0.25, 0.3) is 0 Å². The minimum absolute atomic E-state index is 0.0881. The van der Waals surface area contributed by atoms with E-state index in [1.54, 1.807) is 0 Å². The molecule has 0 bridgehead atoms. The zero-order valence-electron chi connectivity index (χ0n) is 9.73. The highest BCUT2D eigenvalue weighted by molar-refractivity contribution is 5.60. The molecule has 0 saturated carbocycles. The Hall–Kier alpha value is -1.64. The first-order valence-corrected chi connectivity index (χ1v) is 5.31. The van der Waals surface area contributed by atoms with Crippen molar-refractivity contribution >= 4 is 6.16 Å². The van der Waals surface area contributed by atoms with E-state index in [4.69, 9.17) is 20.1 Å². The first kappa shape index (κ1) is 14.4. The van der Waals surface area contributed by atoms with Crippen molar-refractivity contribution in [3.05, 3.63) is 18.7 Å². The molecule has 1 rings (SSSR count). The van der Waals surface area contributed by atoms with Crippen molar-refractivity contribution in [3.8, 4) is 0 Å². The third-order valence-electron chi connectivity index (χ3n) is 2.52. The molecular weight excluding hydrogens is 244 g/mol. The van der Waals surface area contributed by atoms with Crippen molar-refractivity contribution in [2.45, 2.75) is 6.42 Å². The molecule has 0 saturated heterocycles. The lowest BCUT2D eigenvalue weighted by Gasteiger charge is -2.26. The van der Waals surface area contributed by atoms with Gasteiger partial charge in [0.05, 0.1) is 32.6 Å². The van der Waals surface area contributed by atoms with Gasteiger partial charge in [0, 0.05) is 11.6 Å². The maximum absolute atomic E-state index is 11.2. The van der Waals surface area contributed by atoms with Crippen LogP contribution in [0.2, 0.25) is 0 Å². The molecule has 8 heteroatoms. The highest BCUT2D eigenvalue weighted by atomic mass is 16.8. The maximum atomic E-state index is 11.2. The average Bonchev–Trinajstić information content (AvgIpc) is 2.88. The van der Waals surface area contributed by atoms with E-state index in [1.807, 2.05) is 0 Å². The fourth-order valence-electron chi connectivity index (χ4n) is 1.15. The lowest BCUT2D eigenvalue weighted by molar-refractivity contribution is -0.0217. The zero-order valence-corrected chi connectivity index (χ0v) is 9.73. The Bertz CT molecular complexity index is 341. The van der Waals surface area contributed by atoms with E-state index in [0.717, 1.165) is 4.73 Å². The van der Waals surface area contributed by atoms with Crippen LogP contribution in [0.15, 0.2) is 18.7 Å². The predicted molar refractivity (Wildman–Crippen MR) is 58.5 cm³/mol. The van der Waals surface area contributed by atoms with Gasteiger partial charge in [-0.25, -0.2) is 9.78 Å². The second-order valence-corrected chi connectivity index (χ2v) is 3.84. The molecule has 0 fully saturated rings. The van der Waals surface area contributed by atoms with Gasteiger partial charge in [-0.1, -0.05) is 0 Å². The fraction of sp³-hybridized carbons (Fsp3) is 0.600. The minimum atomic E-state index is -1.06. The van der Waals surface area contributed by atoms with Crippen LogP contribution in [0.3, 0.4) is 0 Å². The Balaban J connectivity index is 2.30. The third kappa shape index (κ3) is 3.99. The molecule has 0 spiro atoms. The van der Waals surface area contributed by atoms with Gasteiger partial charge in [0.1, 0.15) is 6.33 Å². The van der Waals surface area contributed by atoms with E-state index < -0.39 is 31.4 Å². The predicted octanol–water partition coefficient (Wildman–Crippen LogP) is -1.20. The molecule has 1 aromatic heterocycles. The number of ether oxygens (including phenoxy) is 1. The molecule has 0 aliphatic carbocycles. The summed E-state index contributed by atoms with van der Waals surface area (Å²) in [6, 6.07) is 0. The largest absolute Gasteiger partial charge is 0.533 e. The summed E-state index contributed by atoms with van der Waals surface area (Å²) in [6.45, 7) is -1.30. The quantitative estimate of drug-likeness (QED) is 0.528. The van der Waals surface area contributed by atoms with Crippen molar-refractivity contribution in [2.75, 3.05) is 26.4 Å². The fourth-order valence-corrected chi connectivity index (χ4v) is 1.15. The number of rotatable bonds is 7. The highest BCUT2D eigenvalue weighted by Gasteiger charge is 2.28. The molecule has 0 aliphatic rings. The van der Waals surface area contributed by atoms with Crippen molar-refractivity contribution in [2.24, 2.45) is 5.41 Å². The standard InChI is InChI=1S/C10H16N2O6/c13-5-10(6-14,7-15)1-4-17-9(16)18-12-3-2-11-8-12/h2-3,8,13-15H,1,4-7H2. The Labute approximate surface area is 103 Å². The molecule has 0 atom stereocenters. The molecule has 0 amide bonds. The van der Waals surface area contributed by atoms with Gasteiger partial charge in [-0.15, -0.1) is 0 Å². The van der Waals surface area contributed by atoms with Crippen LogP contribution in [0.5, 0.6) is 0 Å². The summed E-state index contributed by atoms with van der Waals surface area (Å²) >= 11 is 0. The van der Waals surface area contributed by atoms with Crippen molar-refractivity contribution in [1.82, 2.24) is 9.71 Å². The number of aliphatic hydroxyl groups excluding tert-OH is 3. The number of nitrogens with zero attached hydrogens (tertiary/aromatic N) is 2. The molecular formula is C10H16N2O6. The summed E-state index contributed by atoms with van der Waals surface area (Å²) < 4.78 is 5.80. The van der Waals surface area contributed by atoms with Crippen LogP contribution in [0.4, 0.5) is 4.79 Å². The summed E-state index contributed by atoms with van der Waals surface area (Å²) in [6.07, 6.45) is 3.31. The lowest BCUT2D eigenvalue weighted by Crippen LogP contribution is -2.35. The van der Waals surface area contributed by atoms with Gasteiger partial charge in [-0.05, 0) is 6.42 Å². The molecule has 0 unspecified atom stereocenters. The Morgan fingerprint density at radius 1 is 1.28 bits per heavy atom. The van der Waals surface area contributed by atoms with E-state index in [0.29, 0.717) is 0 Å². The summed E-state index contributed by atoms with van der Waals surface area (Å²) in [5.41, 5.74) is -1.06. The molecule has 0 radical (unpaired) electrons. The molecule has 1 aromatic rings. The van der Waals surface area contributed by atoms with Gasteiger partial charge in [0.2, 0.25) is 0 Å². The molecule has 1 heterocycles. The topological polar surface area (TPSA) is 114 Å². The number of hydrogen-bond donors (Lipinski definition) is 3. The first-order valence-electron chi connectivity index (χ1n) is 5.31. The molecule has 3 N–H and O–H groups in total. The normalized spacial score (nSPS) is 11.3. The number of aliphatic hydroxyl groups is 3. The number of carbonyl (C=O) groups excluding carboxylic acids is 1. The minimum Gasteiger partial charge on any atom is -0.433 e. The van der Waals surface area contributed by atoms with Crippen molar-refractivity contribution in [1.29, 1.82) is 0 Å². The first-order chi connectivity index (χ1) is 8.65. The van der Waals surface area contributed by atoms with E-state index in [-0.39, 0.29) is 13.0 Å². The molecule has 102 valence electrons. The second kappa shape index (κ2) is 6.94. The number of aromatic nitrogens is 2. The maximum Gasteiger partial charge on any atom is 0.533 e. The number of hydrogen-bond acceptors (Lipinski definition) is 7. The summed E-state index contributed by atoms with van der Waals surface area (Å²) in [7, 11) is 0. The van der Waals surface area contributed by atoms with E-state index in [1.165, 1.54) is 18.7 Å². The molecule has 0 aromatic carbocycles. The van der Waals surface area contributed by atoms with Gasteiger partial charge >= 0.3 is 6.16 Å².